The Hall–Kier alpha value is -2.10. The molecule has 1 N–H and O–H groups in total. The first-order valence-electron chi connectivity index (χ1n) is 6.20. The van der Waals surface area contributed by atoms with Crippen molar-refractivity contribution in [3.8, 4) is 5.69 Å². The van der Waals surface area contributed by atoms with Gasteiger partial charge in [-0.1, -0.05) is 32.9 Å². The Morgan fingerprint density at radius 3 is 2.21 bits per heavy atom. The fourth-order valence-corrected chi connectivity index (χ4v) is 1.94. The van der Waals surface area contributed by atoms with Gasteiger partial charge in [-0.25, -0.2) is 9.48 Å². The number of aromatic carboxylic acids is 1. The van der Waals surface area contributed by atoms with Crippen LogP contribution >= 0.6 is 0 Å². The van der Waals surface area contributed by atoms with Gasteiger partial charge in [0.1, 0.15) is 0 Å². The van der Waals surface area contributed by atoms with Gasteiger partial charge in [-0.05, 0) is 36.1 Å². The summed E-state index contributed by atoms with van der Waals surface area (Å²) in [4.78, 5) is 10.9. The number of carbonyl (C=O) groups is 1. The lowest BCUT2D eigenvalue weighted by atomic mass is 9.87. The monoisotopic (exact) mass is 258 g/mol. The molecule has 0 spiro atoms. The number of aromatic nitrogens is 2. The highest BCUT2D eigenvalue weighted by Gasteiger charge is 2.15. The summed E-state index contributed by atoms with van der Waals surface area (Å²) in [6.45, 7) is 8.31. The number of carboxylic acids is 1. The van der Waals surface area contributed by atoms with Gasteiger partial charge in [0, 0.05) is 5.69 Å². The van der Waals surface area contributed by atoms with Gasteiger partial charge in [0.15, 0.2) is 5.69 Å². The molecule has 4 nitrogen and oxygen atoms in total. The highest BCUT2D eigenvalue weighted by Crippen LogP contribution is 2.23. The summed E-state index contributed by atoms with van der Waals surface area (Å²) in [7, 11) is 0. The van der Waals surface area contributed by atoms with E-state index in [2.05, 4.69) is 38.0 Å². The molecule has 0 fully saturated rings. The summed E-state index contributed by atoms with van der Waals surface area (Å²) in [5, 5.41) is 13.0. The molecule has 0 amide bonds. The Morgan fingerprint density at radius 1 is 1.21 bits per heavy atom. The molecule has 1 aromatic heterocycles. The third kappa shape index (κ3) is 2.67. The third-order valence-corrected chi connectivity index (χ3v) is 3.08. The molecule has 0 aliphatic rings. The van der Waals surface area contributed by atoms with Crippen LogP contribution in [-0.2, 0) is 5.41 Å². The van der Waals surface area contributed by atoms with Gasteiger partial charge in [-0.2, -0.15) is 5.10 Å². The van der Waals surface area contributed by atoms with E-state index in [4.69, 9.17) is 5.11 Å². The van der Waals surface area contributed by atoms with Crippen LogP contribution in [0.4, 0.5) is 0 Å². The fraction of sp³-hybridized carbons (Fsp3) is 0.333. The van der Waals surface area contributed by atoms with Crippen molar-refractivity contribution in [3.05, 3.63) is 47.3 Å². The zero-order chi connectivity index (χ0) is 14.2. The number of benzene rings is 1. The van der Waals surface area contributed by atoms with E-state index in [9.17, 15) is 4.79 Å². The van der Waals surface area contributed by atoms with Crippen molar-refractivity contribution < 1.29 is 9.90 Å². The number of carboxylic acid groups (broad SMARTS) is 1. The van der Waals surface area contributed by atoms with E-state index in [0.29, 0.717) is 0 Å². The van der Waals surface area contributed by atoms with E-state index >= 15 is 0 Å². The average molecular weight is 258 g/mol. The molecule has 1 aromatic carbocycles. The number of hydrogen-bond acceptors (Lipinski definition) is 2. The Labute approximate surface area is 112 Å². The van der Waals surface area contributed by atoms with Crippen LogP contribution in [0, 0.1) is 6.92 Å². The maximum Gasteiger partial charge on any atom is 0.356 e. The van der Waals surface area contributed by atoms with Crippen molar-refractivity contribution >= 4 is 5.97 Å². The van der Waals surface area contributed by atoms with Crippen molar-refractivity contribution in [1.82, 2.24) is 9.78 Å². The molecule has 0 radical (unpaired) electrons. The maximum absolute atomic E-state index is 10.9. The zero-order valence-electron chi connectivity index (χ0n) is 11.6. The smallest absolute Gasteiger partial charge is 0.356 e. The normalized spacial score (nSPS) is 11.6. The molecule has 2 rings (SSSR count). The summed E-state index contributed by atoms with van der Waals surface area (Å²) >= 11 is 0. The number of hydrogen-bond donors (Lipinski definition) is 1. The third-order valence-electron chi connectivity index (χ3n) is 3.08. The summed E-state index contributed by atoms with van der Waals surface area (Å²) < 4.78 is 1.65. The maximum atomic E-state index is 10.9. The van der Waals surface area contributed by atoms with Gasteiger partial charge in [0.25, 0.3) is 0 Å². The molecule has 0 saturated carbocycles. The van der Waals surface area contributed by atoms with E-state index < -0.39 is 5.97 Å². The van der Waals surface area contributed by atoms with Crippen molar-refractivity contribution in [2.24, 2.45) is 0 Å². The van der Waals surface area contributed by atoms with Gasteiger partial charge in [-0.3, -0.25) is 0 Å². The first kappa shape index (κ1) is 13.3. The topological polar surface area (TPSA) is 55.1 Å². The second kappa shape index (κ2) is 4.53. The van der Waals surface area contributed by atoms with Gasteiger partial charge < -0.3 is 5.11 Å². The van der Waals surface area contributed by atoms with E-state index in [-0.39, 0.29) is 11.1 Å². The predicted octanol–water partition coefficient (Wildman–Crippen LogP) is 3.18. The van der Waals surface area contributed by atoms with Crippen LogP contribution in [0.15, 0.2) is 30.3 Å². The largest absolute Gasteiger partial charge is 0.476 e. The quantitative estimate of drug-likeness (QED) is 0.900. The van der Waals surface area contributed by atoms with E-state index in [0.717, 1.165) is 11.4 Å². The minimum atomic E-state index is -1.01. The first-order chi connectivity index (χ1) is 8.79. The highest BCUT2D eigenvalue weighted by molar-refractivity contribution is 5.85. The standard InChI is InChI=1S/C15H18N2O2/c1-10-9-13(14(18)19)16-17(10)12-7-5-11(6-8-12)15(2,3)4/h5-9H,1-4H3,(H,18,19). The molecular formula is C15H18N2O2. The molecule has 0 atom stereocenters. The minimum absolute atomic E-state index is 0.0670. The Morgan fingerprint density at radius 2 is 1.79 bits per heavy atom. The Kier molecular flexibility index (Phi) is 3.18. The number of rotatable bonds is 2. The summed E-state index contributed by atoms with van der Waals surface area (Å²) in [5.74, 6) is -1.01. The summed E-state index contributed by atoms with van der Waals surface area (Å²) in [6, 6.07) is 9.60. The van der Waals surface area contributed by atoms with Crippen molar-refractivity contribution in [3.63, 3.8) is 0 Å². The van der Waals surface area contributed by atoms with Crippen LogP contribution in [0.5, 0.6) is 0 Å². The van der Waals surface area contributed by atoms with E-state index in [1.54, 1.807) is 10.7 Å². The van der Waals surface area contributed by atoms with E-state index in [1.807, 2.05) is 19.1 Å². The lowest BCUT2D eigenvalue weighted by Gasteiger charge is -2.19. The van der Waals surface area contributed by atoms with Crippen molar-refractivity contribution in [2.75, 3.05) is 0 Å². The highest BCUT2D eigenvalue weighted by atomic mass is 16.4. The van der Waals surface area contributed by atoms with Gasteiger partial charge >= 0.3 is 5.97 Å². The number of aryl methyl sites for hydroxylation is 1. The molecule has 1 heterocycles. The Balaban J connectivity index is 2.40. The molecule has 2 aromatic rings. The fourth-order valence-electron chi connectivity index (χ4n) is 1.94. The number of nitrogens with zero attached hydrogens (tertiary/aromatic N) is 2. The molecule has 0 saturated heterocycles. The first-order valence-corrected chi connectivity index (χ1v) is 6.20. The minimum Gasteiger partial charge on any atom is -0.476 e. The van der Waals surface area contributed by atoms with Crippen LogP contribution in [0.2, 0.25) is 0 Å². The predicted molar refractivity (Wildman–Crippen MR) is 74.0 cm³/mol. The SMILES string of the molecule is Cc1cc(C(=O)O)nn1-c1ccc(C(C)(C)C)cc1. The molecular weight excluding hydrogens is 240 g/mol. The molecule has 19 heavy (non-hydrogen) atoms. The van der Waals surface area contributed by atoms with Crippen LogP contribution in [-0.4, -0.2) is 20.9 Å². The molecule has 100 valence electrons. The lowest BCUT2D eigenvalue weighted by Crippen LogP contribution is -2.11. The molecule has 0 bridgehead atoms. The van der Waals surface area contributed by atoms with Gasteiger partial charge in [0.05, 0.1) is 5.69 Å². The lowest BCUT2D eigenvalue weighted by molar-refractivity contribution is 0.0690. The molecule has 4 heteroatoms. The van der Waals surface area contributed by atoms with Crippen molar-refractivity contribution in [2.45, 2.75) is 33.1 Å². The van der Waals surface area contributed by atoms with Crippen LogP contribution in [0.1, 0.15) is 42.5 Å². The molecule has 0 unspecified atom stereocenters. The summed E-state index contributed by atoms with van der Waals surface area (Å²) in [6.07, 6.45) is 0. The summed E-state index contributed by atoms with van der Waals surface area (Å²) in [5.41, 5.74) is 3.08. The van der Waals surface area contributed by atoms with Gasteiger partial charge in [0.2, 0.25) is 0 Å². The molecule has 0 aliphatic carbocycles. The van der Waals surface area contributed by atoms with Crippen LogP contribution in [0.25, 0.3) is 5.69 Å². The average Bonchev–Trinajstić information content (AvgIpc) is 2.70. The molecule has 0 aliphatic heterocycles. The van der Waals surface area contributed by atoms with Gasteiger partial charge in [-0.15, -0.1) is 0 Å². The van der Waals surface area contributed by atoms with Crippen molar-refractivity contribution in [1.29, 1.82) is 0 Å². The van der Waals surface area contributed by atoms with Crippen LogP contribution in [0.3, 0.4) is 0 Å². The Bertz CT molecular complexity index is 604. The van der Waals surface area contributed by atoms with E-state index in [1.165, 1.54) is 5.56 Å². The zero-order valence-corrected chi connectivity index (χ0v) is 11.6. The van der Waals surface area contributed by atoms with Crippen LogP contribution < -0.4 is 0 Å². The second-order valence-electron chi connectivity index (χ2n) is 5.68. The second-order valence-corrected chi connectivity index (χ2v) is 5.68.